The number of ketones is 1. The first kappa shape index (κ1) is 35.4. The van der Waals surface area contributed by atoms with E-state index < -0.39 is 38.2 Å². The maximum Gasteiger partial charge on any atom is 0.308 e. The van der Waals surface area contributed by atoms with Crippen molar-refractivity contribution in [3.63, 3.8) is 0 Å². The zero-order valence-electron chi connectivity index (χ0n) is 26.2. The van der Waals surface area contributed by atoms with Gasteiger partial charge in [-0.15, -0.1) is 10.3 Å². The fourth-order valence-corrected chi connectivity index (χ4v) is 6.43. The number of aromatic nitrogens is 2. The van der Waals surface area contributed by atoms with Gasteiger partial charge in [-0.1, -0.05) is 41.5 Å². The number of ether oxygens (including phenoxy) is 1. The lowest BCUT2D eigenvalue weighted by Gasteiger charge is -2.48. The Balaban J connectivity index is 2.59. The molecule has 2 rings (SSSR count). The topological polar surface area (TPSA) is 116 Å². The lowest BCUT2D eigenvalue weighted by molar-refractivity contribution is -0.142. The van der Waals surface area contributed by atoms with E-state index in [-0.39, 0.29) is 35.2 Å². The summed E-state index contributed by atoms with van der Waals surface area (Å²) in [6.45, 7) is 12.1. The molecule has 0 aliphatic heterocycles. The average molecular weight is 626 g/mol. The highest BCUT2D eigenvalue weighted by molar-refractivity contribution is 8.30. The molecule has 9 nitrogen and oxygen atoms in total. The van der Waals surface area contributed by atoms with Crippen LogP contribution in [-0.4, -0.2) is 73.4 Å². The zero-order chi connectivity index (χ0) is 32.0. The van der Waals surface area contributed by atoms with E-state index >= 15 is 0 Å². The maximum absolute atomic E-state index is 13.8. The summed E-state index contributed by atoms with van der Waals surface area (Å²) in [4.78, 5) is 34.6. The van der Waals surface area contributed by atoms with E-state index in [9.17, 15) is 22.4 Å². The monoisotopic (exact) mass is 625 g/mol. The summed E-state index contributed by atoms with van der Waals surface area (Å²) in [5, 5.41) is 0. The Kier molecular flexibility index (Phi) is 11.9. The number of carbonyl (C=O) groups excluding carboxylic acids is 2. The van der Waals surface area contributed by atoms with Crippen LogP contribution < -0.4 is 4.31 Å². The summed E-state index contributed by atoms with van der Waals surface area (Å²) in [5.41, 5.74) is 1.88. The highest BCUT2D eigenvalue weighted by atomic mass is 32.3. The second-order valence-corrected chi connectivity index (χ2v) is 17.5. The van der Waals surface area contributed by atoms with E-state index in [0.29, 0.717) is 22.5 Å². The largest absolute Gasteiger partial charge is 0.469 e. The van der Waals surface area contributed by atoms with E-state index in [4.69, 9.17) is 8.92 Å². The molecular weight excluding hydrogens is 581 g/mol. The van der Waals surface area contributed by atoms with Gasteiger partial charge in [-0.2, -0.15) is 0 Å². The number of hydrogen-bond donors (Lipinski definition) is 0. The van der Waals surface area contributed by atoms with Gasteiger partial charge in [-0.25, -0.2) is 27.1 Å². The first-order valence-electron chi connectivity index (χ1n) is 13.7. The predicted octanol–water partition coefficient (Wildman–Crippen LogP) is 5.89. The summed E-state index contributed by atoms with van der Waals surface area (Å²) < 4.78 is 50.5. The highest BCUT2D eigenvalue weighted by Crippen LogP contribution is 2.57. The van der Waals surface area contributed by atoms with Gasteiger partial charge in [0.25, 0.3) is 0 Å². The van der Waals surface area contributed by atoms with E-state index in [1.165, 1.54) is 44.5 Å². The number of benzene rings is 1. The third kappa shape index (κ3) is 9.08. The van der Waals surface area contributed by atoms with Crippen molar-refractivity contribution in [2.45, 2.75) is 71.2 Å². The van der Waals surface area contributed by atoms with Crippen molar-refractivity contribution in [3.05, 3.63) is 47.4 Å². The molecule has 2 atom stereocenters. The van der Waals surface area contributed by atoms with Crippen LogP contribution in [0.15, 0.2) is 30.3 Å². The molecule has 0 saturated heterocycles. The van der Waals surface area contributed by atoms with Crippen LogP contribution in [-0.2, 0) is 28.5 Å². The summed E-state index contributed by atoms with van der Waals surface area (Å²) in [5.74, 6) is -0.659. The van der Waals surface area contributed by atoms with Crippen molar-refractivity contribution in [1.29, 1.82) is 0 Å². The Morgan fingerprint density at radius 3 is 2.14 bits per heavy atom. The molecule has 0 radical (unpaired) electrons. The van der Waals surface area contributed by atoms with Crippen molar-refractivity contribution >= 4 is 44.1 Å². The molecule has 1 aromatic heterocycles. The maximum atomic E-state index is 13.8. The smallest absolute Gasteiger partial charge is 0.308 e. The van der Waals surface area contributed by atoms with Crippen LogP contribution in [0.2, 0.25) is 0 Å². The molecule has 2 unspecified atom stereocenters. The van der Waals surface area contributed by atoms with Gasteiger partial charge in [0.15, 0.2) is 5.78 Å². The molecule has 0 bridgehead atoms. The van der Waals surface area contributed by atoms with Crippen LogP contribution in [0.5, 0.6) is 0 Å². The Bertz CT molecular complexity index is 1410. The van der Waals surface area contributed by atoms with Gasteiger partial charge in [-0.05, 0) is 54.3 Å². The van der Waals surface area contributed by atoms with Crippen molar-refractivity contribution in [2.24, 2.45) is 0 Å². The van der Waals surface area contributed by atoms with Crippen LogP contribution in [0.25, 0.3) is 17.3 Å². The number of esters is 1. The molecule has 0 aliphatic carbocycles. The number of halogens is 1. The average Bonchev–Trinajstić information content (AvgIpc) is 2.89. The van der Waals surface area contributed by atoms with E-state index in [0.717, 1.165) is 16.3 Å². The van der Waals surface area contributed by atoms with Crippen LogP contribution in [0.1, 0.15) is 71.6 Å². The standard InChI is InChI=1S/C30H44FN3O6S2/c1-11-41(9,30(4,5)6)40-24(19-26(36)39-8)18-23(35)16-17-25-27(20(2)3)32-29(34(7)42(10,37)38)33-28(25)21-12-14-22(31)15-13-21/h12-17,20,24H,11,18-19H2,1-10H3/b17-16+. The van der Waals surface area contributed by atoms with Gasteiger partial charge in [0.05, 0.1) is 37.3 Å². The van der Waals surface area contributed by atoms with Crippen LogP contribution in [0.4, 0.5) is 10.3 Å². The Morgan fingerprint density at radius 1 is 1.07 bits per heavy atom. The van der Waals surface area contributed by atoms with Crippen LogP contribution in [0.3, 0.4) is 0 Å². The quantitative estimate of drug-likeness (QED) is 0.200. The third-order valence-electron chi connectivity index (χ3n) is 7.09. The first-order valence-corrected chi connectivity index (χ1v) is 17.6. The molecule has 0 fully saturated rings. The lowest BCUT2D eigenvalue weighted by Crippen LogP contribution is -2.33. The number of nitrogens with zero attached hydrogens (tertiary/aromatic N) is 3. The molecule has 2 aromatic rings. The van der Waals surface area contributed by atoms with Gasteiger partial charge in [-0.3, -0.25) is 9.59 Å². The molecule has 0 aliphatic rings. The molecule has 234 valence electrons. The van der Waals surface area contributed by atoms with Crippen molar-refractivity contribution < 1.29 is 31.3 Å². The van der Waals surface area contributed by atoms with Crippen LogP contribution in [0, 0.1) is 5.82 Å². The van der Waals surface area contributed by atoms with Gasteiger partial charge < -0.3 is 8.92 Å². The lowest BCUT2D eigenvalue weighted by atomic mass is 9.97. The highest BCUT2D eigenvalue weighted by Gasteiger charge is 2.35. The molecule has 42 heavy (non-hydrogen) atoms. The number of rotatable bonds is 13. The minimum Gasteiger partial charge on any atom is -0.469 e. The number of sulfonamides is 1. The number of anilines is 1. The Labute approximate surface area is 251 Å². The van der Waals surface area contributed by atoms with Crippen molar-refractivity contribution in [1.82, 2.24) is 9.97 Å². The molecule has 0 N–H and O–H groups in total. The molecule has 0 spiro atoms. The van der Waals surface area contributed by atoms with E-state index in [1.807, 2.05) is 27.0 Å². The predicted molar refractivity (Wildman–Crippen MR) is 169 cm³/mol. The minimum absolute atomic E-state index is 0.0421. The number of hydrogen-bond acceptors (Lipinski definition) is 8. The van der Waals surface area contributed by atoms with Crippen molar-refractivity contribution in [2.75, 3.05) is 36.7 Å². The van der Waals surface area contributed by atoms with Gasteiger partial charge >= 0.3 is 5.97 Å². The van der Waals surface area contributed by atoms with E-state index in [1.54, 1.807) is 6.08 Å². The first-order chi connectivity index (χ1) is 19.3. The minimum atomic E-state index is -3.67. The fourth-order valence-electron chi connectivity index (χ4n) is 4.02. The fraction of sp³-hybridized carbons (Fsp3) is 0.533. The Hall–Kier alpha value is -2.83. The van der Waals surface area contributed by atoms with Gasteiger partial charge in [0.2, 0.25) is 16.0 Å². The number of carbonyl (C=O) groups is 2. The summed E-state index contributed by atoms with van der Waals surface area (Å²) >= 11 is 0. The molecule has 0 saturated carbocycles. The second kappa shape index (κ2) is 14.1. The number of allylic oxidation sites excluding steroid dienone is 1. The van der Waals surface area contributed by atoms with Gasteiger partial charge in [0.1, 0.15) is 5.82 Å². The van der Waals surface area contributed by atoms with Crippen LogP contribution >= 0.6 is 10.3 Å². The zero-order valence-corrected chi connectivity index (χ0v) is 27.9. The molecular formula is C30H44FN3O6S2. The van der Waals surface area contributed by atoms with Gasteiger partial charge in [0, 0.05) is 29.3 Å². The third-order valence-corrected chi connectivity index (χ3v) is 12.6. The number of methoxy groups -OCH3 is 1. The summed E-state index contributed by atoms with van der Waals surface area (Å²) in [6, 6.07) is 5.63. The SMILES string of the molecule is CCS(C)(OC(CC(=O)/C=C/c1c(-c2ccc(F)cc2)nc(N(C)S(C)(=O)=O)nc1C(C)C)CC(=O)OC)C(C)(C)C. The van der Waals surface area contributed by atoms with E-state index in [2.05, 4.69) is 30.7 Å². The van der Waals surface area contributed by atoms with Crippen molar-refractivity contribution in [3.8, 4) is 11.3 Å². The summed E-state index contributed by atoms with van der Waals surface area (Å²) in [6.07, 6.45) is 5.27. The normalized spacial score (nSPS) is 15.3. The summed E-state index contributed by atoms with van der Waals surface area (Å²) in [7, 11) is -2.65. The molecule has 1 aromatic carbocycles. The Morgan fingerprint density at radius 2 is 1.67 bits per heavy atom. The molecule has 1 heterocycles. The molecule has 0 amide bonds. The second-order valence-electron chi connectivity index (χ2n) is 11.5. The molecule has 12 heteroatoms.